The van der Waals surface area contributed by atoms with Gasteiger partial charge in [0.25, 0.3) is 0 Å². The normalized spacial score (nSPS) is 9.88. The first-order valence-corrected chi connectivity index (χ1v) is 5.59. The van der Waals surface area contributed by atoms with Crippen LogP contribution in [0.15, 0.2) is 30.0 Å². The van der Waals surface area contributed by atoms with E-state index in [-0.39, 0.29) is 5.78 Å². The van der Waals surface area contributed by atoms with E-state index in [4.69, 9.17) is 5.73 Å². The van der Waals surface area contributed by atoms with Crippen molar-refractivity contribution in [3.8, 4) is 0 Å². The number of anilines is 1. The van der Waals surface area contributed by atoms with E-state index in [1.807, 2.05) is 6.07 Å². The summed E-state index contributed by atoms with van der Waals surface area (Å²) in [5.41, 5.74) is 7.66. The summed E-state index contributed by atoms with van der Waals surface area (Å²) in [6, 6.07) is 3.63. The minimum Gasteiger partial charge on any atom is -0.383 e. The first kappa shape index (κ1) is 12.4. The molecule has 0 unspecified atom stereocenters. The Morgan fingerprint density at radius 2 is 2.12 bits per heavy atom. The van der Waals surface area contributed by atoms with Crippen LogP contribution in [0.3, 0.4) is 0 Å². The van der Waals surface area contributed by atoms with Crippen molar-refractivity contribution < 1.29 is 4.79 Å². The summed E-state index contributed by atoms with van der Waals surface area (Å²) >= 11 is 0. The lowest BCUT2D eigenvalue weighted by atomic mass is 10.1. The maximum Gasteiger partial charge on any atom is 0.160 e. The molecule has 0 saturated carbocycles. The molecule has 0 radical (unpaired) electrons. The maximum atomic E-state index is 11.7. The predicted octanol–water partition coefficient (Wildman–Crippen LogP) is 2.52. The number of pyridine rings is 1. The van der Waals surface area contributed by atoms with Crippen molar-refractivity contribution in [3.63, 3.8) is 0 Å². The van der Waals surface area contributed by atoms with Crippen molar-refractivity contribution in [3.05, 3.63) is 35.5 Å². The highest BCUT2D eigenvalue weighted by atomic mass is 16.1. The van der Waals surface area contributed by atoms with Gasteiger partial charge in [0.2, 0.25) is 0 Å². The standard InChI is InChI=1S/C13H18N2O/c1-3-10(4-2)8-12(16)9-11-6-5-7-15-13(11)14/h5-8H,3-4,9H2,1-2H3,(H2,14,15). The molecule has 16 heavy (non-hydrogen) atoms. The van der Waals surface area contributed by atoms with E-state index in [2.05, 4.69) is 18.8 Å². The molecule has 0 aromatic carbocycles. The van der Waals surface area contributed by atoms with Crippen molar-refractivity contribution in [2.45, 2.75) is 33.1 Å². The number of nitrogens with two attached hydrogens (primary N) is 1. The zero-order valence-electron chi connectivity index (χ0n) is 9.86. The van der Waals surface area contributed by atoms with Gasteiger partial charge in [-0.2, -0.15) is 0 Å². The lowest BCUT2D eigenvalue weighted by Gasteiger charge is -2.03. The maximum absolute atomic E-state index is 11.7. The average molecular weight is 218 g/mol. The number of allylic oxidation sites excluding steroid dienone is 2. The minimum atomic E-state index is 0.0957. The number of nitrogen functional groups attached to an aromatic ring is 1. The molecule has 0 aliphatic carbocycles. The Kier molecular flexibility index (Phi) is 4.70. The molecule has 0 aliphatic heterocycles. The van der Waals surface area contributed by atoms with E-state index in [0.29, 0.717) is 12.2 Å². The van der Waals surface area contributed by atoms with Crippen LogP contribution in [0.1, 0.15) is 32.3 Å². The Balaban J connectivity index is 2.72. The molecule has 1 rings (SSSR count). The quantitative estimate of drug-likeness (QED) is 0.772. The van der Waals surface area contributed by atoms with Crippen molar-refractivity contribution in [1.29, 1.82) is 0 Å². The van der Waals surface area contributed by atoms with Crippen LogP contribution < -0.4 is 5.73 Å². The molecule has 1 aromatic rings. The molecule has 1 aromatic heterocycles. The van der Waals surface area contributed by atoms with E-state index < -0.39 is 0 Å². The third-order valence-electron chi connectivity index (χ3n) is 2.56. The van der Waals surface area contributed by atoms with Gasteiger partial charge in [-0.15, -0.1) is 0 Å². The zero-order chi connectivity index (χ0) is 12.0. The number of carbonyl (C=O) groups excluding carboxylic acids is 1. The summed E-state index contributed by atoms with van der Waals surface area (Å²) in [5, 5.41) is 0. The summed E-state index contributed by atoms with van der Waals surface area (Å²) in [6.45, 7) is 4.11. The van der Waals surface area contributed by atoms with E-state index in [1.165, 1.54) is 5.57 Å². The van der Waals surface area contributed by atoms with Crippen LogP contribution >= 0.6 is 0 Å². The second-order valence-corrected chi connectivity index (χ2v) is 3.70. The summed E-state index contributed by atoms with van der Waals surface area (Å²) < 4.78 is 0. The number of nitrogens with zero attached hydrogens (tertiary/aromatic N) is 1. The van der Waals surface area contributed by atoms with Crippen LogP contribution in [-0.4, -0.2) is 10.8 Å². The summed E-state index contributed by atoms with van der Waals surface area (Å²) in [7, 11) is 0. The van der Waals surface area contributed by atoms with E-state index in [0.717, 1.165) is 18.4 Å². The van der Waals surface area contributed by atoms with Gasteiger partial charge in [0, 0.05) is 18.2 Å². The van der Waals surface area contributed by atoms with E-state index in [1.54, 1.807) is 18.3 Å². The summed E-state index contributed by atoms with van der Waals surface area (Å²) in [5.74, 6) is 0.539. The van der Waals surface area contributed by atoms with Gasteiger partial charge in [0.1, 0.15) is 5.82 Å². The van der Waals surface area contributed by atoms with E-state index >= 15 is 0 Å². The van der Waals surface area contributed by atoms with Gasteiger partial charge in [-0.3, -0.25) is 4.79 Å². The number of hydrogen-bond acceptors (Lipinski definition) is 3. The van der Waals surface area contributed by atoms with Gasteiger partial charge in [-0.05, 0) is 25.0 Å². The molecule has 0 atom stereocenters. The topological polar surface area (TPSA) is 56.0 Å². The highest BCUT2D eigenvalue weighted by Gasteiger charge is 2.05. The van der Waals surface area contributed by atoms with Crippen LogP contribution in [0.4, 0.5) is 5.82 Å². The SMILES string of the molecule is CCC(=CC(=O)Cc1cccnc1N)CC. The smallest absolute Gasteiger partial charge is 0.160 e. The Hall–Kier alpha value is -1.64. The number of hydrogen-bond donors (Lipinski definition) is 1. The van der Waals surface area contributed by atoms with Gasteiger partial charge in [-0.1, -0.05) is 25.5 Å². The predicted molar refractivity (Wildman–Crippen MR) is 66.0 cm³/mol. The molecule has 86 valence electrons. The zero-order valence-corrected chi connectivity index (χ0v) is 9.86. The molecule has 0 saturated heterocycles. The van der Waals surface area contributed by atoms with E-state index in [9.17, 15) is 4.79 Å². The molecule has 0 amide bonds. The molecular formula is C13H18N2O. The van der Waals surface area contributed by atoms with Crippen molar-refractivity contribution in [2.24, 2.45) is 0 Å². The number of ketones is 1. The largest absolute Gasteiger partial charge is 0.383 e. The van der Waals surface area contributed by atoms with Crippen molar-refractivity contribution in [1.82, 2.24) is 4.98 Å². The van der Waals surface area contributed by atoms with Crippen LogP contribution in [0, 0.1) is 0 Å². The van der Waals surface area contributed by atoms with Gasteiger partial charge < -0.3 is 5.73 Å². The first-order valence-electron chi connectivity index (χ1n) is 5.59. The minimum absolute atomic E-state index is 0.0957. The molecule has 0 bridgehead atoms. The van der Waals surface area contributed by atoms with Crippen LogP contribution in [0.2, 0.25) is 0 Å². The molecule has 0 aliphatic rings. The fraction of sp³-hybridized carbons (Fsp3) is 0.385. The number of rotatable bonds is 5. The van der Waals surface area contributed by atoms with Gasteiger partial charge in [-0.25, -0.2) is 4.98 Å². The highest BCUT2D eigenvalue weighted by Crippen LogP contribution is 2.11. The van der Waals surface area contributed by atoms with Gasteiger partial charge >= 0.3 is 0 Å². The fourth-order valence-electron chi connectivity index (χ4n) is 1.52. The Bertz CT molecular complexity index is 391. The van der Waals surface area contributed by atoms with Crippen LogP contribution in [-0.2, 0) is 11.2 Å². The molecular weight excluding hydrogens is 200 g/mol. The average Bonchev–Trinajstić information content (AvgIpc) is 2.29. The molecule has 0 fully saturated rings. The lowest BCUT2D eigenvalue weighted by molar-refractivity contribution is -0.114. The van der Waals surface area contributed by atoms with Crippen molar-refractivity contribution in [2.75, 3.05) is 5.73 Å². The summed E-state index contributed by atoms with van der Waals surface area (Å²) in [4.78, 5) is 15.7. The second-order valence-electron chi connectivity index (χ2n) is 3.70. The lowest BCUT2D eigenvalue weighted by Crippen LogP contribution is -2.04. The molecule has 2 N–H and O–H groups in total. The third kappa shape index (κ3) is 3.50. The molecule has 1 heterocycles. The molecule has 3 nitrogen and oxygen atoms in total. The molecule has 0 spiro atoms. The molecule has 3 heteroatoms. The summed E-state index contributed by atoms with van der Waals surface area (Å²) in [6.07, 6.45) is 5.54. The first-order chi connectivity index (χ1) is 7.67. The third-order valence-corrected chi connectivity index (χ3v) is 2.56. The number of aromatic nitrogens is 1. The Morgan fingerprint density at radius 3 is 2.69 bits per heavy atom. The Morgan fingerprint density at radius 1 is 1.44 bits per heavy atom. The highest BCUT2D eigenvalue weighted by molar-refractivity contribution is 5.92. The van der Waals surface area contributed by atoms with Gasteiger partial charge in [0.05, 0.1) is 0 Å². The monoisotopic (exact) mass is 218 g/mol. The fourth-order valence-corrected chi connectivity index (χ4v) is 1.52. The second kappa shape index (κ2) is 6.05. The number of carbonyl (C=O) groups is 1. The van der Waals surface area contributed by atoms with Crippen molar-refractivity contribution >= 4 is 11.6 Å². The Labute approximate surface area is 96.4 Å². The van der Waals surface area contributed by atoms with Crippen LogP contribution in [0.25, 0.3) is 0 Å². The van der Waals surface area contributed by atoms with Crippen LogP contribution in [0.5, 0.6) is 0 Å². The van der Waals surface area contributed by atoms with Gasteiger partial charge in [0.15, 0.2) is 5.78 Å².